The van der Waals surface area contributed by atoms with Crippen LogP contribution in [0.1, 0.15) is 29.9 Å². The molecule has 1 saturated heterocycles. The number of nitrogens with zero attached hydrogens (tertiary/aromatic N) is 4. The Balaban J connectivity index is 1.54. The van der Waals surface area contributed by atoms with Crippen molar-refractivity contribution in [3.05, 3.63) is 54.1 Å². The number of pyridine rings is 1. The van der Waals surface area contributed by atoms with Crippen molar-refractivity contribution in [1.82, 2.24) is 20.0 Å². The first kappa shape index (κ1) is 15.9. The van der Waals surface area contributed by atoms with Gasteiger partial charge in [0.05, 0.1) is 18.7 Å². The van der Waals surface area contributed by atoms with Crippen LogP contribution in [0, 0.1) is 0 Å². The third-order valence-electron chi connectivity index (χ3n) is 4.26. The number of likely N-dealkylation sites (tertiary alicyclic amines) is 1. The highest BCUT2D eigenvalue weighted by Crippen LogP contribution is 2.33. The molecule has 1 aliphatic heterocycles. The van der Waals surface area contributed by atoms with Crippen LogP contribution in [0.3, 0.4) is 0 Å². The highest BCUT2D eigenvalue weighted by atomic mass is 16.5. The van der Waals surface area contributed by atoms with Crippen molar-refractivity contribution in [2.75, 3.05) is 6.54 Å². The average molecular weight is 342 g/mol. The van der Waals surface area contributed by atoms with E-state index in [1.54, 1.807) is 18.5 Å². The fourth-order valence-electron chi connectivity index (χ4n) is 3.09. The van der Waals surface area contributed by atoms with Crippen molar-refractivity contribution in [3.8, 4) is 11.4 Å². The lowest BCUT2D eigenvalue weighted by atomic mass is 10.2. The van der Waals surface area contributed by atoms with Crippen LogP contribution >= 0.6 is 0 Å². The molecule has 0 bridgehead atoms. The molecule has 1 aliphatic rings. The number of aliphatic hydroxyl groups excluding tert-OH is 2. The lowest BCUT2D eigenvalue weighted by Crippen LogP contribution is -2.24. The number of aliphatic hydroxyl groups is 2. The van der Waals surface area contributed by atoms with Crippen LogP contribution in [-0.4, -0.2) is 42.9 Å². The summed E-state index contributed by atoms with van der Waals surface area (Å²) in [6.45, 7) is 0.848. The van der Waals surface area contributed by atoms with Gasteiger partial charge in [0, 0.05) is 24.5 Å². The predicted molar refractivity (Wildman–Crippen MR) is 85.9 cm³/mol. The summed E-state index contributed by atoms with van der Waals surface area (Å²) in [7, 11) is 0. The maximum Gasteiger partial charge on any atom is 0.244 e. The monoisotopic (exact) mass is 342 g/mol. The minimum atomic E-state index is -0.467. The standard InChI is InChI=1S/C17H18N4O4/c22-10-14-4-3-13(24-14)9-21-8-12(23)6-15(21)17-19-16(20-25-17)11-2-1-5-18-7-11/h1-5,7,12,15,22-23H,6,8-10H2/t12-,15-/m1/s1. The number of hydrogen-bond donors (Lipinski definition) is 2. The minimum absolute atomic E-state index is 0.135. The van der Waals surface area contributed by atoms with Gasteiger partial charge in [0.1, 0.15) is 18.1 Å². The Bertz CT molecular complexity index is 832. The van der Waals surface area contributed by atoms with Crippen molar-refractivity contribution in [1.29, 1.82) is 0 Å². The molecule has 130 valence electrons. The summed E-state index contributed by atoms with van der Waals surface area (Å²) in [6, 6.07) is 7.05. The number of β-amino-alcohol motifs (C(OH)–C–C–N with tert-alkyl or cyclic N) is 1. The molecule has 8 heteroatoms. The minimum Gasteiger partial charge on any atom is -0.462 e. The molecule has 0 unspecified atom stereocenters. The molecule has 0 aliphatic carbocycles. The largest absolute Gasteiger partial charge is 0.462 e. The third kappa shape index (κ3) is 3.32. The molecule has 0 saturated carbocycles. The summed E-state index contributed by atoms with van der Waals surface area (Å²) >= 11 is 0. The van der Waals surface area contributed by atoms with E-state index in [0.717, 1.165) is 11.3 Å². The Morgan fingerprint density at radius 3 is 2.88 bits per heavy atom. The van der Waals surface area contributed by atoms with Gasteiger partial charge in [-0.3, -0.25) is 9.88 Å². The molecular formula is C17H18N4O4. The molecule has 4 rings (SSSR count). The van der Waals surface area contributed by atoms with Gasteiger partial charge in [-0.2, -0.15) is 4.98 Å². The summed E-state index contributed by atoms with van der Waals surface area (Å²) in [5.41, 5.74) is 0.779. The van der Waals surface area contributed by atoms with Crippen LogP contribution < -0.4 is 0 Å². The molecule has 3 aromatic heterocycles. The predicted octanol–water partition coefficient (Wildman–Crippen LogP) is 1.52. The Morgan fingerprint density at radius 1 is 1.24 bits per heavy atom. The molecule has 4 heterocycles. The molecule has 25 heavy (non-hydrogen) atoms. The topological polar surface area (TPSA) is 109 Å². The van der Waals surface area contributed by atoms with Gasteiger partial charge in [0.15, 0.2) is 0 Å². The van der Waals surface area contributed by atoms with E-state index in [9.17, 15) is 5.11 Å². The molecular weight excluding hydrogens is 324 g/mol. The van der Waals surface area contributed by atoms with Crippen LogP contribution in [-0.2, 0) is 13.2 Å². The molecule has 0 amide bonds. The van der Waals surface area contributed by atoms with E-state index in [1.807, 2.05) is 23.1 Å². The van der Waals surface area contributed by atoms with Gasteiger partial charge in [-0.1, -0.05) is 5.16 Å². The smallest absolute Gasteiger partial charge is 0.244 e. The molecule has 0 spiro atoms. The van der Waals surface area contributed by atoms with E-state index in [2.05, 4.69) is 15.1 Å². The molecule has 0 radical (unpaired) electrons. The summed E-state index contributed by atoms with van der Waals surface area (Å²) in [5.74, 6) is 2.17. The summed E-state index contributed by atoms with van der Waals surface area (Å²) in [6.07, 6.45) is 3.41. The zero-order chi connectivity index (χ0) is 17.2. The van der Waals surface area contributed by atoms with Crippen molar-refractivity contribution in [2.24, 2.45) is 0 Å². The van der Waals surface area contributed by atoms with Crippen molar-refractivity contribution in [3.63, 3.8) is 0 Å². The Hall–Kier alpha value is -2.55. The van der Waals surface area contributed by atoms with E-state index in [1.165, 1.54) is 0 Å². The Morgan fingerprint density at radius 2 is 2.12 bits per heavy atom. The van der Waals surface area contributed by atoms with Gasteiger partial charge in [-0.05, 0) is 30.7 Å². The molecule has 0 aromatic carbocycles. The van der Waals surface area contributed by atoms with Gasteiger partial charge in [-0.15, -0.1) is 0 Å². The summed E-state index contributed by atoms with van der Waals surface area (Å²) in [4.78, 5) is 10.6. The summed E-state index contributed by atoms with van der Waals surface area (Å²) in [5, 5.41) is 23.2. The van der Waals surface area contributed by atoms with Gasteiger partial charge in [0.25, 0.3) is 0 Å². The molecule has 1 fully saturated rings. The number of aromatic nitrogens is 3. The second kappa shape index (κ2) is 6.75. The van der Waals surface area contributed by atoms with Gasteiger partial charge in [-0.25, -0.2) is 0 Å². The van der Waals surface area contributed by atoms with Gasteiger partial charge in [0.2, 0.25) is 11.7 Å². The maximum atomic E-state index is 10.1. The highest BCUT2D eigenvalue weighted by molar-refractivity contribution is 5.51. The van der Waals surface area contributed by atoms with Gasteiger partial charge < -0.3 is 19.2 Å². The van der Waals surface area contributed by atoms with Crippen molar-refractivity contribution in [2.45, 2.75) is 31.7 Å². The van der Waals surface area contributed by atoms with Crippen LogP contribution in [0.4, 0.5) is 0 Å². The molecule has 2 atom stereocenters. The Kier molecular flexibility index (Phi) is 4.31. The van der Waals surface area contributed by atoms with Crippen LogP contribution in [0.5, 0.6) is 0 Å². The number of furan rings is 1. The summed E-state index contributed by atoms with van der Waals surface area (Å²) < 4.78 is 11.0. The first-order valence-electron chi connectivity index (χ1n) is 8.07. The normalized spacial score (nSPS) is 21.0. The number of rotatable bonds is 5. The fourth-order valence-corrected chi connectivity index (χ4v) is 3.09. The van der Waals surface area contributed by atoms with E-state index in [-0.39, 0.29) is 12.6 Å². The first-order valence-corrected chi connectivity index (χ1v) is 8.07. The maximum absolute atomic E-state index is 10.1. The zero-order valence-electron chi connectivity index (χ0n) is 13.4. The lowest BCUT2D eigenvalue weighted by molar-refractivity contribution is 0.160. The first-order chi connectivity index (χ1) is 12.2. The lowest BCUT2D eigenvalue weighted by Gasteiger charge is -2.19. The molecule has 8 nitrogen and oxygen atoms in total. The zero-order valence-corrected chi connectivity index (χ0v) is 13.4. The molecule has 3 aromatic rings. The average Bonchev–Trinajstić information content (AvgIpc) is 3.36. The second-order valence-electron chi connectivity index (χ2n) is 6.06. The van der Waals surface area contributed by atoms with E-state index in [4.69, 9.17) is 14.0 Å². The van der Waals surface area contributed by atoms with Crippen LogP contribution in [0.25, 0.3) is 11.4 Å². The fraction of sp³-hybridized carbons (Fsp3) is 0.353. The third-order valence-corrected chi connectivity index (χ3v) is 4.26. The van der Waals surface area contributed by atoms with Crippen molar-refractivity contribution >= 4 is 0 Å². The second-order valence-corrected chi connectivity index (χ2v) is 6.06. The molecule has 2 N–H and O–H groups in total. The Labute approximate surface area is 143 Å². The van der Waals surface area contributed by atoms with Gasteiger partial charge >= 0.3 is 0 Å². The highest BCUT2D eigenvalue weighted by Gasteiger charge is 2.36. The van der Waals surface area contributed by atoms with Crippen LogP contribution in [0.15, 0.2) is 45.6 Å². The number of hydrogen-bond acceptors (Lipinski definition) is 8. The van der Waals surface area contributed by atoms with E-state index >= 15 is 0 Å². The SMILES string of the molecule is OCc1ccc(CN2C[C@H](O)C[C@@H]2c2nc(-c3cccnc3)no2)o1. The quantitative estimate of drug-likeness (QED) is 0.718. The van der Waals surface area contributed by atoms with E-state index < -0.39 is 6.10 Å². The van der Waals surface area contributed by atoms with Crippen molar-refractivity contribution < 1.29 is 19.2 Å². The van der Waals surface area contributed by atoms with Crippen LogP contribution in [0.2, 0.25) is 0 Å². The van der Waals surface area contributed by atoms with E-state index in [0.29, 0.717) is 37.0 Å².